The van der Waals surface area contributed by atoms with Crippen molar-refractivity contribution >= 4 is 5.97 Å². The van der Waals surface area contributed by atoms with Crippen LogP contribution in [0.5, 0.6) is 5.75 Å². The van der Waals surface area contributed by atoms with Gasteiger partial charge in [0.25, 0.3) is 5.89 Å². The van der Waals surface area contributed by atoms with Crippen molar-refractivity contribution in [3.8, 4) is 17.1 Å². The maximum Gasteiger partial charge on any atom is 0.317 e. The summed E-state index contributed by atoms with van der Waals surface area (Å²) in [4.78, 5) is 16.5. The van der Waals surface area contributed by atoms with Crippen molar-refractivity contribution in [1.29, 1.82) is 0 Å². The van der Waals surface area contributed by atoms with Crippen LogP contribution in [0.3, 0.4) is 0 Å². The predicted octanol–water partition coefficient (Wildman–Crippen LogP) is 2.96. The number of nitrogens with zero attached hydrogens (tertiary/aromatic N) is 2. The molecule has 0 aliphatic carbocycles. The van der Waals surface area contributed by atoms with Gasteiger partial charge in [-0.25, -0.2) is 0 Å². The van der Waals surface area contributed by atoms with Crippen molar-refractivity contribution in [2.75, 3.05) is 6.61 Å². The molecule has 0 saturated carbocycles. The van der Waals surface area contributed by atoms with E-state index in [1.807, 2.05) is 54.6 Å². The molecule has 1 unspecified atom stereocenters. The molecule has 0 spiro atoms. The highest BCUT2D eigenvalue weighted by Gasteiger charge is 2.31. The minimum Gasteiger partial charge on any atom is -0.492 e. The van der Waals surface area contributed by atoms with E-state index in [4.69, 9.17) is 14.0 Å². The summed E-state index contributed by atoms with van der Waals surface area (Å²) in [5, 5.41) is 3.90. The highest BCUT2D eigenvalue weighted by atomic mass is 16.6. The van der Waals surface area contributed by atoms with E-state index in [0.717, 1.165) is 16.9 Å². The lowest BCUT2D eigenvalue weighted by Gasteiger charge is -2.07. The Bertz CT molecular complexity index is 860. The van der Waals surface area contributed by atoms with Gasteiger partial charge in [-0.1, -0.05) is 53.7 Å². The molecule has 3 aromatic rings. The number of aromatic nitrogens is 2. The molecule has 0 saturated heterocycles. The van der Waals surface area contributed by atoms with Crippen molar-refractivity contribution in [3.63, 3.8) is 0 Å². The van der Waals surface area contributed by atoms with Gasteiger partial charge in [-0.3, -0.25) is 4.79 Å². The summed E-state index contributed by atoms with van der Waals surface area (Å²) in [6.45, 7) is 0.231. The number of carbonyl (C=O) groups is 1. The SMILES string of the molecule is O=C(OCc1nc(-c2ccccc2)no1)C1COc2ccccc21. The molecular weight excluding hydrogens is 308 g/mol. The number of benzene rings is 2. The van der Waals surface area contributed by atoms with Crippen LogP contribution in [0.4, 0.5) is 0 Å². The monoisotopic (exact) mass is 322 g/mol. The van der Waals surface area contributed by atoms with Gasteiger partial charge in [0.2, 0.25) is 5.82 Å². The first-order valence-electron chi connectivity index (χ1n) is 7.57. The van der Waals surface area contributed by atoms with Crippen LogP contribution in [0.1, 0.15) is 17.4 Å². The van der Waals surface area contributed by atoms with E-state index in [-0.39, 0.29) is 25.1 Å². The summed E-state index contributed by atoms with van der Waals surface area (Å²) in [6, 6.07) is 16.9. The van der Waals surface area contributed by atoms with Gasteiger partial charge in [-0.05, 0) is 6.07 Å². The van der Waals surface area contributed by atoms with E-state index in [1.54, 1.807) is 0 Å². The van der Waals surface area contributed by atoms with Gasteiger partial charge >= 0.3 is 5.97 Å². The first kappa shape index (κ1) is 14.4. The van der Waals surface area contributed by atoms with Crippen molar-refractivity contribution in [1.82, 2.24) is 10.1 Å². The fraction of sp³-hybridized carbons (Fsp3) is 0.167. The number of ether oxygens (including phenoxy) is 2. The molecular formula is C18H14N2O4. The normalized spacial score (nSPS) is 15.6. The molecule has 4 rings (SSSR count). The number of rotatable bonds is 4. The minimum atomic E-state index is -0.419. The Morgan fingerprint density at radius 1 is 1.12 bits per heavy atom. The van der Waals surface area contributed by atoms with Crippen LogP contribution < -0.4 is 4.74 Å². The summed E-state index contributed by atoms with van der Waals surface area (Å²) in [5.41, 5.74) is 1.69. The van der Waals surface area contributed by atoms with Crippen LogP contribution in [-0.2, 0) is 16.1 Å². The Kier molecular flexibility index (Phi) is 3.70. The van der Waals surface area contributed by atoms with E-state index in [9.17, 15) is 4.79 Å². The molecule has 1 atom stereocenters. The molecule has 0 bridgehead atoms. The Labute approximate surface area is 138 Å². The number of para-hydroxylation sites is 1. The summed E-state index contributed by atoms with van der Waals surface area (Å²) < 4.78 is 15.9. The standard InChI is InChI=1S/C18H14N2O4/c21-18(14-10-22-15-9-5-4-8-13(14)15)23-11-16-19-17(20-24-16)12-6-2-1-3-7-12/h1-9,14H,10-11H2. The van der Waals surface area contributed by atoms with Crippen molar-refractivity contribution in [3.05, 3.63) is 66.1 Å². The Morgan fingerprint density at radius 3 is 2.79 bits per heavy atom. The number of hydrogen-bond acceptors (Lipinski definition) is 6. The summed E-state index contributed by atoms with van der Waals surface area (Å²) >= 11 is 0. The third-order valence-electron chi connectivity index (χ3n) is 3.82. The summed E-state index contributed by atoms with van der Waals surface area (Å²) in [5.74, 6) is 0.673. The van der Waals surface area contributed by atoms with Gasteiger partial charge in [-0.2, -0.15) is 4.98 Å². The molecule has 0 fully saturated rings. The first-order chi connectivity index (χ1) is 11.8. The lowest BCUT2D eigenvalue weighted by atomic mass is 10.0. The van der Waals surface area contributed by atoms with Gasteiger partial charge < -0.3 is 14.0 Å². The number of carbonyl (C=O) groups excluding carboxylic acids is 1. The topological polar surface area (TPSA) is 74.5 Å². The van der Waals surface area contributed by atoms with Crippen molar-refractivity contribution in [2.24, 2.45) is 0 Å². The first-order valence-corrected chi connectivity index (χ1v) is 7.57. The third-order valence-corrected chi connectivity index (χ3v) is 3.82. The van der Waals surface area contributed by atoms with E-state index in [0.29, 0.717) is 5.82 Å². The lowest BCUT2D eigenvalue weighted by Crippen LogP contribution is -2.17. The van der Waals surface area contributed by atoms with Crippen LogP contribution in [0.15, 0.2) is 59.1 Å². The Hall–Kier alpha value is -3.15. The second-order valence-electron chi connectivity index (χ2n) is 5.39. The summed E-state index contributed by atoms with van der Waals surface area (Å²) in [7, 11) is 0. The number of esters is 1. The molecule has 2 heterocycles. The molecule has 24 heavy (non-hydrogen) atoms. The molecule has 1 aliphatic heterocycles. The molecule has 2 aromatic carbocycles. The van der Waals surface area contributed by atoms with Crippen LogP contribution >= 0.6 is 0 Å². The largest absolute Gasteiger partial charge is 0.492 e. The van der Waals surface area contributed by atoms with Gasteiger partial charge in [0, 0.05) is 11.1 Å². The van der Waals surface area contributed by atoms with Gasteiger partial charge in [0.1, 0.15) is 18.3 Å². The molecule has 0 radical (unpaired) electrons. The smallest absolute Gasteiger partial charge is 0.317 e. The second kappa shape index (κ2) is 6.16. The van der Waals surface area contributed by atoms with Gasteiger partial charge in [0.15, 0.2) is 6.61 Å². The van der Waals surface area contributed by atoms with Crippen molar-refractivity contribution < 1.29 is 18.8 Å². The second-order valence-corrected chi connectivity index (χ2v) is 5.39. The van der Waals surface area contributed by atoms with E-state index in [1.165, 1.54) is 0 Å². The zero-order valence-corrected chi connectivity index (χ0v) is 12.7. The Balaban J connectivity index is 1.41. The maximum atomic E-state index is 12.3. The average molecular weight is 322 g/mol. The molecule has 0 amide bonds. The zero-order chi connectivity index (χ0) is 16.4. The van der Waals surface area contributed by atoms with E-state index in [2.05, 4.69) is 10.1 Å². The highest BCUT2D eigenvalue weighted by Crippen LogP contribution is 2.34. The minimum absolute atomic E-state index is 0.0582. The molecule has 120 valence electrons. The molecule has 0 N–H and O–H groups in total. The molecule has 6 nitrogen and oxygen atoms in total. The van der Waals surface area contributed by atoms with E-state index < -0.39 is 5.92 Å². The lowest BCUT2D eigenvalue weighted by molar-refractivity contribution is -0.147. The van der Waals surface area contributed by atoms with Crippen LogP contribution in [0.25, 0.3) is 11.4 Å². The fourth-order valence-corrected chi connectivity index (χ4v) is 2.61. The highest BCUT2D eigenvalue weighted by molar-refractivity contribution is 5.80. The molecule has 1 aliphatic rings. The third kappa shape index (κ3) is 2.74. The summed E-state index contributed by atoms with van der Waals surface area (Å²) in [6.07, 6.45) is 0. The predicted molar refractivity (Wildman–Crippen MR) is 84.2 cm³/mol. The van der Waals surface area contributed by atoms with Crippen LogP contribution in [0, 0.1) is 0 Å². The average Bonchev–Trinajstić information content (AvgIpc) is 3.27. The quantitative estimate of drug-likeness (QED) is 0.688. The Morgan fingerprint density at radius 2 is 1.92 bits per heavy atom. The maximum absolute atomic E-state index is 12.3. The van der Waals surface area contributed by atoms with E-state index >= 15 is 0 Å². The van der Waals surface area contributed by atoms with Crippen LogP contribution in [0.2, 0.25) is 0 Å². The van der Waals surface area contributed by atoms with Crippen molar-refractivity contribution in [2.45, 2.75) is 12.5 Å². The molecule has 6 heteroatoms. The fourth-order valence-electron chi connectivity index (χ4n) is 2.61. The van der Waals surface area contributed by atoms with Gasteiger partial charge in [-0.15, -0.1) is 0 Å². The zero-order valence-electron chi connectivity index (χ0n) is 12.7. The molecule has 1 aromatic heterocycles. The van der Waals surface area contributed by atoms with Crippen LogP contribution in [-0.4, -0.2) is 22.7 Å². The number of hydrogen-bond donors (Lipinski definition) is 0. The van der Waals surface area contributed by atoms with Gasteiger partial charge in [0.05, 0.1) is 0 Å². The number of fused-ring (bicyclic) bond motifs is 1.